The van der Waals surface area contributed by atoms with Crippen molar-refractivity contribution in [3.63, 3.8) is 0 Å². The van der Waals surface area contributed by atoms with Crippen LogP contribution in [-0.2, 0) is 20.0 Å². The Morgan fingerprint density at radius 2 is 1.80 bits per heavy atom. The zero-order valence-corrected chi connectivity index (χ0v) is 15.5. The lowest BCUT2D eigenvalue weighted by Crippen LogP contribution is -2.37. The first-order valence-electron chi connectivity index (χ1n) is 7.98. The number of hydrogen-bond acceptors (Lipinski definition) is 4. The number of hydrogen-bond donors (Lipinski definition) is 1. The van der Waals surface area contributed by atoms with E-state index in [1.807, 2.05) is 13.0 Å². The van der Waals surface area contributed by atoms with Crippen LogP contribution in [0.2, 0.25) is 0 Å². The Hall–Kier alpha value is -2.06. The van der Waals surface area contributed by atoms with Crippen LogP contribution >= 0.6 is 0 Å². The van der Waals surface area contributed by atoms with Crippen LogP contribution in [0, 0.1) is 6.92 Å². The molecule has 1 fully saturated rings. The fourth-order valence-corrected chi connectivity index (χ4v) is 5.59. The van der Waals surface area contributed by atoms with Gasteiger partial charge >= 0.3 is 0 Å². The third-order valence-electron chi connectivity index (χ3n) is 4.04. The molecule has 0 radical (unpaired) electrons. The molecule has 1 aliphatic rings. The highest BCUT2D eigenvalue weighted by molar-refractivity contribution is 7.93. The molecule has 1 N–H and O–H groups in total. The maximum Gasteiger partial charge on any atom is 0.261 e. The topological polar surface area (TPSA) is 83.6 Å². The average Bonchev–Trinajstić information content (AvgIpc) is 2.54. The van der Waals surface area contributed by atoms with E-state index in [9.17, 15) is 16.8 Å². The summed E-state index contributed by atoms with van der Waals surface area (Å²) < 4.78 is 53.4. The molecule has 0 amide bonds. The fraction of sp³-hybridized carbons (Fsp3) is 0.294. The molecule has 0 aromatic heterocycles. The number of aryl methyl sites for hydroxylation is 1. The Balaban J connectivity index is 1.89. The molecule has 0 spiro atoms. The average molecular weight is 380 g/mol. The van der Waals surface area contributed by atoms with Crippen molar-refractivity contribution < 1.29 is 16.8 Å². The summed E-state index contributed by atoms with van der Waals surface area (Å²) in [6, 6.07) is 13.1. The number of rotatable bonds is 4. The smallest absolute Gasteiger partial charge is 0.261 e. The minimum absolute atomic E-state index is 0.117. The van der Waals surface area contributed by atoms with Gasteiger partial charge in [-0.1, -0.05) is 18.2 Å². The summed E-state index contributed by atoms with van der Waals surface area (Å²) in [5, 5.41) is 0. The van der Waals surface area contributed by atoms with Gasteiger partial charge in [-0.15, -0.1) is 0 Å². The molecule has 0 saturated carbocycles. The Morgan fingerprint density at radius 1 is 1.04 bits per heavy atom. The van der Waals surface area contributed by atoms with Gasteiger partial charge in [0.25, 0.3) is 10.0 Å². The van der Waals surface area contributed by atoms with Crippen LogP contribution in [0.4, 0.5) is 11.4 Å². The third kappa shape index (κ3) is 3.96. The molecule has 8 heteroatoms. The highest BCUT2D eigenvalue weighted by Gasteiger charge is 2.26. The van der Waals surface area contributed by atoms with Gasteiger partial charge < -0.3 is 0 Å². The largest absolute Gasteiger partial charge is 0.280 e. The summed E-state index contributed by atoms with van der Waals surface area (Å²) >= 11 is 0. The summed E-state index contributed by atoms with van der Waals surface area (Å²) in [7, 11) is -7.07. The van der Waals surface area contributed by atoms with Gasteiger partial charge in [0.2, 0.25) is 10.0 Å². The first-order chi connectivity index (χ1) is 11.8. The van der Waals surface area contributed by atoms with Gasteiger partial charge in [-0.3, -0.25) is 9.03 Å². The second kappa shape index (κ2) is 6.68. The van der Waals surface area contributed by atoms with E-state index >= 15 is 0 Å². The molecule has 1 saturated heterocycles. The van der Waals surface area contributed by atoms with E-state index < -0.39 is 20.0 Å². The van der Waals surface area contributed by atoms with Crippen LogP contribution in [0.5, 0.6) is 0 Å². The van der Waals surface area contributed by atoms with Crippen molar-refractivity contribution in [3.8, 4) is 0 Å². The molecule has 0 aliphatic carbocycles. The van der Waals surface area contributed by atoms with E-state index in [0.29, 0.717) is 24.3 Å². The summed E-state index contributed by atoms with van der Waals surface area (Å²) in [6.07, 6.45) is 1.44. The van der Waals surface area contributed by atoms with Crippen LogP contribution in [0.1, 0.15) is 18.4 Å². The van der Waals surface area contributed by atoms with E-state index in [1.54, 1.807) is 36.4 Å². The molecule has 134 valence electrons. The quantitative estimate of drug-likeness (QED) is 0.884. The zero-order chi connectivity index (χ0) is 18.1. The van der Waals surface area contributed by atoms with Gasteiger partial charge in [0.15, 0.2) is 0 Å². The van der Waals surface area contributed by atoms with Crippen LogP contribution in [-0.4, -0.2) is 29.1 Å². The van der Waals surface area contributed by atoms with Gasteiger partial charge in [-0.05, 0) is 55.7 Å². The monoisotopic (exact) mass is 380 g/mol. The maximum atomic E-state index is 12.5. The van der Waals surface area contributed by atoms with Crippen LogP contribution < -0.4 is 9.03 Å². The lowest BCUT2D eigenvalue weighted by Gasteiger charge is -2.28. The number of anilines is 2. The molecular weight excluding hydrogens is 360 g/mol. The molecule has 0 unspecified atom stereocenters. The fourth-order valence-electron chi connectivity index (χ4n) is 2.80. The zero-order valence-electron chi connectivity index (χ0n) is 13.8. The first-order valence-corrected chi connectivity index (χ1v) is 11.1. The SMILES string of the molecule is Cc1cccc(S(=O)(=O)Nc2cccc(N3CCCCS3(=O)=O)c2)c1. The summed E-state index contributed by atoms with van der Waals surface area (Å²) in [5.74, 6) is 0.117. The normalized spacial score (nSPS) is 17.2. The first kappa shape index (κ1) is 17.8. The number of sulfonamides is 2. The minimum atomic E-state index is -3.73. The predicted octanol–water partition coefficient (Wildman–Crippen LogP) is 2.73. The van der Waals surface area contributed by atoms with E-state index in [1.165, 1.54) is 10.4 Å². The Morgan fingerprint density at radius 3 is 2.52 bits per heavy atom. The van der Waals surface area contributed by atoms with Crippen molar-refractivity contribution in [1.29, 1.82) is 0 Å². The molecule has 1 heterocycles. The standard InChI is InChI=1S/C17H20N2O4S2/c1-14-6-4-9-17(12-14)25(22,23)18-15-7-5-8-16(13-15)19-10-2-3-11-24(19,20)21/h4-9,12-13,18H,2-3,10-11H2,1H3. The highest BCUT2D eigenvalue weighted by atomic mass is 32.2. The lowest BCUT2D eigenvalue weighted by atomic mass is 10.2. The minimum Gasteiger partial charge on any atom is -0.280 e. The van der Waals surface area contributed by atoms with Crippen molar-refractivity contribution in [2.75, 3.05) is 21.3 Å². The molecule has 2 aromatic rings. The van der Waals surface area contributed by atoms with E-state index in [0.717, 1.165) is 12.0 Å². The van der Waals surface area contributed by atoms with Gasteiger partial charge in [-0.2, -0.15) is 0 Å². The highest BCUT2D eigenvalue weighted by Crippen LogP contribution is 2.27. The number of benzene rings is 2. The predicted molar refractivity (Wildman–Crippen MR) is 98.8 cm³/mol. The van der Waals surface area contributed by atoms with Gasteiger partial charge in [-0.25, -0.2) is 16.8 Å². The molecule has 6 nitrogen and oxygen atoms in total. The van der Waals surface area contributed by atoms with Crippen molar-refractivity contribution in [3.05, 3.63) is 54.1 Å². The van der Waals surface area contributed by atoms with Crippen molar-refractivity contribution >= 4 is 31.4 Å². The van der Waals surface area contributed by atoms with Crippen molar-refractivity contribution in [2.45, 2.75) is 24.7 Å². The van der Waals surface area contributed by atoms with Gasteiger partial charge in [0.1, 0.15) is 0 Å². The maximum absolute atomic E-state index is 12.5. The van der Waals surface area contributed by atoms with Gasteiger partial charge in [0.05, 0.1) is 22.0 Å². The Kier molecular flexibility index (Phi) is 4.75. The Bertz CT molecular complexity index is 985. The molecule has 25 heavy (non-hydrogen) atoms. The Labute approximate surface area is 148 Å². The van der Waals surface area contributed by atoms with E-state index in [-0.39, 0.29) is 10.6 Å². The van der Waals surface area contributed by atoms with Gasteiger partial charge in [0, 0.05) is 6.54 Å². The second-order valence-corrected chi connectivity index (χ2v) is 9.76. The summed E-state index contributed by atoms with van der Waals surface area (Å²) in [4.78, 5) is 0.170. The second-order valence-electron chi connectivity index (χ2n) is 6.07. The molecule has 1 aliphatic heterocycles. The van der Waals surface area contributed by atoms with Crippen LogP contribution in [0.25, 0.3) is 0 Å². The van der Waals surface area contributed by atoms with Crippen molar-refractivity contribution in [1.82, 2.24) is 0 Å². The van der Waals surface area contributed by atoms with Crippen molar-refractivity contribution in [2.24, 2.45) is 0 Å². The van der Waals surface area contributed by atoms with E-state index in [4.69, 9.17) is 0 Å². The molecule has 0 bridgehead atoms. The lowest BCUT2D eigenvalue weighted by molar-refractivity contribution is 0.574. The molecule has 3 rings (SSSR count). The number of nitrogens with one attached hydrogen (secondary N) is 1. The van der Waals surface area contributed by atoms with Crippen LogP contribution in [0.3, 0.4) is 0 Å². The summed E-state index contributed by atoms with van der Waals surface area (Å²) in [6.45, 7) is 2.23. The van der Waals surface area contributed by atoms with E-state index in [2.05, 4.69) is 4.72 Å². The third-order valence-corrected chi connectivity index (χ3v) is 7.28. The molecule has 0 atom stereocenters. The summed E-state index contributed by atoms with van der Waals surface area (Å²) in [5.41, 5.74) is 1.65. The number of nitrogens with zero attached hydrogens (tertiary/aromatic N) is 1. The molecule has 2 aromatic carbocycles. The van der Waals surface area contributed by atoms with Crippen LogP contribution in [0.15, 0.2) is 53.4 Å². The molecular formula is C17H20N2O4S2.